The molecule has 0 saturated heterocycles. The van der Waals surface area contributed by atoms with Gasteiger partial charge in [0.15, 0.2) is 0 Å². The summed E-state index contributed by atoms with van der Waals surface area (Å²) in [6, 6.07) is 17.8. The van der Waals surface area contributed by atoms with Crippen molar-refractivity contribution in [1.29, 1.82) is 0 Å². The average Bonchev–Trinajstić information content (AvgIpc) is 3.47. The summed E-state index contributed by atoms with van der Waals surface area (Å²) in [6.07, 6.45) is 37.8. The van der Waals surface area contributed by atoms with Gasteiger partial charge in [-0.05, 0) is 80.7 Å². The number of hydrogen-bond acceptors (Lipinski definition) is 0. The minimum atomic E-state index is 0.863. The van der Waals surface area contributed by atoms with Crippen LogP contribution in [0.2, 0.25) is 0 Å². The van der Waals surface area contributed by atoms with Gasteiger partial charge in [0.1, 0.15) is 0 Å². The van der Waals surface area contributed by atoms with Crippen LogP contribution in [0.4, 0.5) is 0 Å². The van der Waals surface area contributed by atoms with Gasteiger partial charge in [-0.2, -0.15) is 0 Å². The second-order valence-corrected chi connectivity index (χ2v) is 16.2. The van der Waals surface area contributed by atoms with E-state index >= 15 is 0 Å². The molecule has 3 rings (SSSR count). The second kappa shape index (κ2) is 29.4. The molecule has 54 heavy (non-hydrogen) atoms. The van der Waals surface area contributed by atoms with Crippen LogP contribution in [0.3, 0.4) is 0 Å². The van der Waals surface area contributed by atoms with Crippen molar-refractivity contribution in [2.24, 2.45) is 0 Å². The van der Waals surface area contributed by atoms with Gasteiger partial charge in [0.2, 0.25) is 11.4 Å². The summed E-state index contributed by atoms with van der Waals surface area (Å²) in [5.74, 6) is 7.01. The Kier molecular flexibility index (Phi) is 24.7. The Morgan fingerprint density at radius 1 is 0.444 bits per heavy atom. The third-order valence-electron chi connectivity index (χ3n) is 11.5. The van der Waals surface area contributed by atoms with Crippen molar-refractivity contribution in [3.63, 3.8) is 0 Å². The molecule has 0 saturated carbocycles. The highest BCUT2D eigenvalue weighted by molar-refractivity contribution is 5.83. The number of allylic oxidation sites excluding steroid dienone is 2. The van der Waals surface area contributed by atoms with Crippen LogP contribution in [0.1, 0.15) is 230 Å². The Balaban J connectivity index is 1.58. The minimum absolute atomic E-state index is 0.863. The molecule has 1 heterocycles. The number of hydrogen-bond donors (Lipinski definition) is 0. The van der Waals surface area contributed by atoms with E-state index in [9.17, 15) is 5.53 Å². The summed E-state index contributed by atoms with van der Waals surface area (Å²) in [5.41, 5.74) is 21.9. The van der Waals surface area contributed by atoms with Crippen molar-refractivity contribution >= 4 is 11.4 Å². The summed E-state index contributed by atoms with van der Waals surface area (Å²) in [7, 11) is 0. The van der Waals surface area contributed by atoms with E-state index in [0.717, 1.165) is 81.2 Å². The summed E-state index contributed by atoms with van der Waals surface area (Å²) < 4.78 is 1.58. The first kappa shape index (κ1) is 45.5. The van der Waals surface area contributed by atoms with Gasteiger partial charge < -0.3 is 5.53 Å². The van der Waals surface area contributed by atoms with Crippen LogP contribution in [0.5, 0.6) is 0 Å². The highest BCUT2D eigenvalue weighted by atomic mass is 15.2. The topological polar surface area (TPSA) is 25.3 Å². The van der Waals surface area contributed by atoms with Gasteiger partial charge in [-0.25, -0.2) is 4.70 Å². The summed E-state index contributed by atoms with van der Waals surface area (Å²) in [5, 5.41) is 0. The van der Waals surface area contributed by atoms with Crippen LogP contribution in [0, 0.1) is 11.8 Å². The van der Waals surface area contributed by atoms with E-state index in [-0.39, 0.29) is 0 Å². The molecule has 0 amide bonds. The molecular formula is C52H80N2. The number of rotatable bonds is 31. The Morgan fingerprint density at radius 2 is 0.944 bits per heavy atom. The molecule has 1 aliphatic rings. The molecule has 2 aromatic rings. The molecule has 0 radical (unpaired) electrons. The van der Waals surface area contributed by atoms with Crippen LogP contribution >= 0.6 is 0 Å². The molecule has 0 atom stereocenters. The van der Waals surface area contributed by atoms with E-state index < -0.39 is 0 Å². The first-order valence-electron chi connectivity index (χ1n) is 23.2. The third kappa shape index (κ3) is 16.8. The first-order valence-corrected chi connectivity index (χ1v) is 23.2. The molecule has 2 heteroatoms. The molecule has 0 fully saturated rings. The minimum Gasteiger partial charge on any atom is -0.493 e. The van der Waals surface area contributed by atoms with Crippen molar-refractivity contribution in [1.82, 2.24) is 0 Å². The molecule has 1 aliphatic heterocycles. The highest BCUT2D eigenvalue weighted by Crippen LogP contribution is 2.45. The summed E-state index contributed by atoms with van der Waals surface area (Å²) in [4.78, 5) is 0. The number of nitrogens with zero attached hydrogens (tertiary/aromatic N) is 2. The Hall–Kier alpha value is -2.92. The number of unbranched alkanes of at least 4 members (excludes halogenated alkanes) is 21. The van der Waals surface area contributed by atoms with Crippen molar-refractivity contribution in [3.8, 4) is 11.8 Å². The third-order valence-corrected chi connectivity index (χ3v) is 11.5. The lowest BCUT2D eigenvalue weighted by Crippen LogP contribution is -2.05. The zero-order valence-electron chi connectivity index (χ0n) is 35.7. The molecule has 298 valence electrons. The predicted molar refractivity (Wildman–Crippen MR) is 237 cm³/mol. The van der Waals surface area contributed by atoms with Crippen molar-refractivity contribution < 1.29 is 4.70 Å². The maximum absolute atomic E-state index is 12.2. The van der Waals surface area contributed by atoms with E-state index in [4.69, 9.17) is 0 Å². The fourth-order valence-corrected chi connectivity index (χ4v) is 8.21. The molecule has 2 nitrogen and oxygen atoms in total. The van der Waals surface area contributed by atoms with Gasteiger partial charge in [0, 0.05) is 35.1 Å². The van der Waals surface area contributed by atoms with Gasteiger partial charge in [-0.15, -0.1) is 11.8 Å². The molecular weight excluding hydrogens is 653 g/mol. The quantitative estimate of drug-likeness (QED) is 0.0419. The van der Waals surface area contributed by atoms with E-state index in [2.05, 4.69) is 88.1 Å². The molecule has 0 spiro atoms. The van der Waals surface area contributed by atoms with Gasteiger partial charge in [0.25, 0.3) is 0 Å². The van der Waals surface area contributed by atoms with Crippen LogP contribution in [-0.2, 0) is 12.8 Å². The van der Waals surface area contributed by atoms with Gasteiger partial charge in [-0.3, -0.25) is 0 Å². The number of benzene rings is 2. The van der Waals surface area contributed by atoms with Gasteiger partial charge >= 0.3 is 0 Å². The predicted octanol–water partition coefficient (Wildman–Crippen LogP) is 16.9. The van der Waals surface area contributed by atoms with E-state index in [1.54, 1.807) is 4.70 Å². The molecule has 0 bridgehead atoms. The largest absolute Gasteiger partial charge is 0.493 e. The standard InChI is InChI=1S/C52H80N2/c1-5-9-13-15-17-18-19-20-21-22-23-24-25-26-27-28-30-32-38-46-39-33-34-43-48(46)52-50(42-12-8-4)49(41-11-7-3)51(54(52)53)47-40-35-37-45(44-47)36-31-29-16-14-10-6-2/h33-35,37,39-40,43-44H,5-27,29,31-32,36,38,41-42H2,1-4H3. The smallest absolute Gasteiger partial charge is 0.211 e. The van der Waals surface area contributed by atoms with Crippen molar-refractivity contribution in [2.75, 3.05) is 0 Å². The Morgan fingerprint density at radius 3 is 1.54 bits per heavy atom. The molecule has 0 unspecified atom stereocenters. The summed E-state index contributed by atoms with van der Waals surface area (Å²) >= 11 is 0. The van der Waals surface area contributed by atoms with Crippen LogP contribution in [0.15, 0.2) is 59.7 Å². The lowest BCUT2D eigenvalue weighted by Gasteiger charge is -2.13. The van der Waals surface area contributed by atoms with Gasteiger partial charge in [-0.1, -0.05) is 186 Å². The highest BCUT2D eigenvalue weighted by Gasteiger charge is 2.36. The molecule has 0 N–H and O–H groups in total. The second-order valence-electron chi connectivity index (χ2n) is 16.2. The lowest BCUT2D eigenvalue weighted by atomic mass is 9.90. The zero-order valence-corrected chi connectivity index (χ0v) is 35.7. The maximum Gasteiger partial charge on any atom is 0.211 e. The van der Waals surface area contributed by atoms with E-state index in [1.165, 1.54) is 156 Å². The lowest BCUT2D eigenvalue weighted by molar-refractivity contribution is -0.345. The van der Waals surface area contributed by atoms with Crippen molar-refractivity contribution in [3.05, 3.63) is 87.5 Å². The summed E-state index contributed by atoms with van der Waals surface area (Å²) in [6.45, 7) is 9.14. The van der Waals surface area contributed by atoms with Crippen LogP contribution in [0.25, 0.3) is 16.9 Å². The van der Waals surface area contributed by atoms with Crippen LogP contribution < -0.4 is 0 Å². The fourth-order valence-electron chi connectivity index (χ4n) is 8.21. The zero-order chi connectivity index (χ0) is 38.5. The maximum atomic E-state index is 12.2. The van der Waals surface area contributed by atoms with Crippen LogP contribution in [-0.4, -0.2) is 4.70 Å². The molecule has 0 aliphatic carbocycles. The van der Waals surface area contributed by atoms with E-state index in [0.29, 0.717) is 0 Å². The first-order chi connectivity index (χ1) is 26.7. The normalized spacial score (nSPS) is 12.9. The SMILES string of the molecule is CCCCCCCCCCCCCCCCC#CCCc1ccccc1C1=C(CCCC)C(CCCC)=C(c2cccc(CCCCCCCC)c2)[N+]1=[N-]. The Bertz CT molecular complexity index is 1450. The monoisotopic (exact) mass is 733 g/mol. The van der Waals surface area contributed by atoms with Crippen molar-refractivity contribution in [2.45, 2.75) is 220 Å². The fraction of sp³-hybridized carbons (Fsp3) is 0.654. The molecule has 2 aromatic carbocycles. The number of aryl methyl sites for hydroxylation is 2. The Labute approximate surface area is 334 Å². The van der Waals surface area contributed by atoms with E-state index in [1.807, 2.05) is 0 Å². The average molecular weight is 733 g/mol. The van der Waals surface area contributed by atoms with Gasteiger partial charge in [0.05, 0.1) is 0 Å². The molecule has 0 aromatic heterocycles.